The number of rotatable bonds is 7. The van der Waals surface area contributed by atoms with E-state index in [1.807, 2.05) is 24.3 Å². The van der Waals surface area contributed by atoms with Gasteiger partial charge in [-0.15, -0.1) is 0 Å². The minimum Gasteiger partial charge on any atom is -0.459 e. The summed E-state index contributed by atoms with van der Waals surface area (Å²) in [5.41, 5.74) is 2.41. The molecule has 1 atom stereocenters. The maximum Gasteiger partial charge on any atom is 0.294 e. The van der Waals surface area contributed by atoms with Crippen LogP contribution >= 0.6 is 0 Å². The molecule has 2 aliphatic rings. The zero-order chi connectivity index (χ0) is 24.4. The zero-order valence-electron chi connectivity index (χ0n) is 20.0. The average molecular weight is 475 g/mol. The first-order valence-electron chi connectivity index (χ1n) is 12.2. The van der Waals surface area contributed by atoms with E-state index >= 15 is 0 Å². The molecule has 5 rings (SSSR count). The van der Waals surface area contributed by atoms with Gasteiger partial charge in [-0.05, 0) is 54.2 Å². The van der Waals surface area contributed by atoms with Crippen LogP contribution in [0.25, 0.3) is 0 Å². The van der Waals surface area contributed by atoms with Crippen molar-refractivity contribution >= 4 is 17.5 Å². The molecule has 1 N–H and O–H groups in total. The van der Waals surface area contributed by atoms with E-state index in [0.717, 1.165) is 36.8 Å². The molecule has 7 heteroatoms. The van der Waals surface area contributed by atoms with Gasteiger partial charge >= 0.3 is 0 Å². The van der Waals surface area contributed by atoms with Gasteiger partial charge < -0.3 is 19.2 Å². The monoisotopic (exact) mass is 474 g/mol. The fourth-order valence-corrected chi connectivity index (χ4v) is 4.77. The Balaban J connectivity index is 1.60. The highest BCUT2D eigenvalue weighted by molar-refractivity contribution is 6.08. The van der Waals surface area contributed by atoms with Crippen LogP contribution in [0.1, 0.15) is 73.2 Å². The van der Waals surface area contributed by atoms with E-state index in [1.165, 1.54) is 11.2 Å². The molecule has 0 radical (unpaired) electrons. The Hall–Kier alpha value is -3.74. The highest BCUT2D eigenvalue weighted by Crippen LogP contribution is 2.39. The van der Waals surface area contributed by atoms with Gasteiger partial charge in [0.15, 0.2) is 17.3 Å². The normalized spacial score (nSPS) is 15.9. The molecular formula is C28H30N2O5. The number of benzene rings is 2. The molecule has 0 saturated heterocycles. The molecule has 2 amide bonds. The van der Waals surface area contributed by atoms with Crippen LogP contribution in [0.2, 0.25) is 0 Å². The van der Waals surface area contributed by atoms with E-state index in [-0.39, 0.29) is 24.5 Å². The Morgan fingerprint density at radius 2 is 1.66 bits per heavy atom. The van der Waals surface area contributed by atoms with Gasteiger partial charge in [-0.3, -0.25) is 14.5 Å². The van der Waals surface area contributed by atoms with Crippen molar-refractivity contribution in [3.8, 4) is 11.5 Å². The highest BCUT2D eigenvalue weighted by Gasteiger charge is 2.36. The third-order valence-corrected chi connectivity index (χ3v) is 6.71. The standard InChI is InChI=1S/C28H30N2O5/c1-18(2)19-9-11-20(12-10-19)26(27(31)29-21-6-3-4-7-21)30(28(32)24-8-5-15-33-24)22-13-14-23-25(16-22)35-17-34-23/h5,8-16,18,21,26H,3-4,6-7,17H2,1-2H3,(H,29,31)/t26-/m1/s1. The minimum absolute atomic E-state index is 0.109. The molecular weight excluding hydrogens is 444 g/mol. The lowest BCUT2D eigenvalue weighted by molar-refractivity contribution is -0.123. The molecule has 0 spiro atoms. The van der Waals surface area contributed by atoms with Crippen LogP contribution in [0.15, 0.2) is 65.3 Å². The molecule has 1 fully saturated rings. The highest BCUT2D eigenvalue weighted by atomic mass is 16.7. The molecule has 7 nitrogen and oxygen atoms in total. The first-order valence-corrected chi connectivity index (χ1v) is 12.2. The first-order chi connectivity index (χ1) is 17.0. The molecule has 3 aromatic rings. The lowest BCUT2D eigenvalue weighted by atomic mass is 9.97. The van der Waals surface area contributed by atoms with Crippen LogP contribution < -0.4 is 19.7 Å². The van der Waals surface area contributed by atoms with Gasteiger partial charge in [-0.25, -0.2) is 0 Å². The van der Waals surface area contributed by atoms with Crippen molar-refractivity contribution in [2.75, 3.05) is 11.7 Å². The van der Waals surface area contributed by atoms with E-state index in [0.29, 0.717) is 23.1 Å². The van der Waals surface area contributed by atoms with Crippen LogP contribution in [0.3, 0.4) is 0 Å². The molecule has 1 saturated carbocycles. The second kappa shape index (κ2) is 9.86. The molecule has 1 aliphatic heterocycles. The van der Waals surface area contributed by atoms with Crippen molar-refractivity contribution in [3.05, 3.63) is 77.7 Å². The van der Waals surface area contributed by atoms with E-state index < -0.39 is 11.9 Å². The second-order valence-electron chi connectivity index (χ2n) is 9.40. The largest absolute Gasteiger partial charge is 0.459 e. The SMILES string of the molecule is CC(C)c1ccc([C@H](C(=O)NC2CCCC2)N(C(=O)c2ccco2)c2ccc3c(c2)OCO3)cc1. The Bertz CT molecular complexity index is 1180. The fourth-order valence-electron chi connectivity index (χ4n) is 4.77. The number of hydrogen-bond donors (Lipinski definition) is 1. The van der Waals surface area contributed by atoms with Gasteiger partial charge in [-0.1, -0.05) is 51.0 Å². The van der Waals surface area contributed by atoms with Gasteiger partial charge in [0.05, 0.1) is 6.26 Å². The molecule has 2 heterocycles. The van der Waals surface area contributed by atoms with E-state index in [1.54, 1.807) is 30.3 Å². The molecule has 2 aromatic carbocycles. The maximum absolute atomic E-state index is 13.8. The lowest BCUT2D eigenvalue weighted by Gasteiger charge is -2.32. The zero-order valence-corrected chi connectivity index (χ0v) is 20.0. The van der Waals surface area contributed by atoms with E-state index in [4.69, 9.17) is 13.9 Å². The molecule has 0 bridgehead atoms. The van der Waals surface area contributed by atoms with E-state index in [2.05, 4.69) is 19.2 Å². The van der Waals surface area contributed by atoms with Crippen molar-refractivity contribution in [2.45, 2.75) is 57.5 Å². The summed E-state index contributed by atoms with van der Waals surface area (Å²) < 4.78 is 16.5. The number of anilines is 1. The summed E-state index contributed by atoms with van der Waals surface area (Å²) in [4.78, 5) is 29.2. The van der Waals surface area contributed by atoms with Gasteiger partial charge in [0.2, 0.25) is 12.7 Å². The van der Waals surface area contributed by atoms with Crippen LogP contribution in [-0.4, -0.2) is 24.6 Å². The summed E-state index contributed by atoms with van der Waals surface area (Å²) in [6.07, 6.45) is 5.53. The van der Waals surface area contributed by atoms with Gasteiger partial charge in [0, 0.05) is 17.8 Å². The number of ether oxygens (including phenoxy) is 2. The summed E-state index contributed by atoms with van der Waals surface area (Å²) in [5, 5.41) is 3.20. The Morgan fingerprint density at radius 1 is 0.943 bits per heavy atom. The summed E-state index contributed by atoms with van der Waals surface area (Å²) >= 11 is 0. The third kappa shape index (κ3) is 4.76. The maximum atomic E-state index is 13.8. The molecule has 1 aromatic heterocycles. The van der Waals surface area contributed by atoms with Crippen LogP contribution in [0.5, 0.6) is 11.5 Å². The van der Waals surface area contributed by atoms with Gasteiger partial charge in [0.1, 0.15) is 6.04 Å². The number of carbonyl (C=O) groups is 2. The predicted molar refractivity (Wildman–Crippen MR) is 132 cm³/mol. The fraction of sp³-hybridized carbons (Fsp3) is 0.357. The average Bonchev–Trinajstić information content (AvgIpc) is 3.64. The lowest BCUT2D eigenvalue weighted by Crippen LogP contribution is -2.46. The molecule has 182 valence electrons. The number of hydrogen-bond acceptors (Lipinski definition) is 5. The van der Waals surface area contributed by atoms with Crippen molar-refractivity contribution in [1.82, 2.24) is 5.32 Å². The summed E-state index contributed by atoms with van der Waals surface area (Å²) in [5.74, 6) is 1.02. The minimum atomic E-state index is -0.894. The van der Waals surface area contributed by atoms with Crippen molar-refractivity contribution < 1.29 is 23.5 Å². The summed E-state index contributed by atoms with van der Waals surface area (Å²) in [6, 6.07) is 15.7. The molecule has 35 heavy (non-hydrogen) atoms. The third-order valence-electron chi connectivity index (χ3n) is 6.71. The van der Waals surface area contributed by atoms with Gasteiger partial charge in [0.25, 0.3) is 5.91 Å². The Morgan fingerprint density at radius 3 is 2.34 bits per heavy atom. The van der Waals surface area contributed by atoms with Crippen molar-refractivity contribution in [2.24, 2.45) is 0 Å². The number of nitrogens with zero attached hydrogens (tertiary/aromatic N) is 1. The topological polar surface area (TPSA) is 81.0 Å². The number of amides is 2. The number of furan rings is 1. The Kier molecular flexibility index (Phi) is 6.49. The molecule has 1 aliphatic carbocycles. The number of fused-ring (bicyclic) bond motifs is 1. The van der Waals surface area contributed by atoms with Crippen LogP contribution in [-0.2, 0) is 4.79 Å². The van der Waals surface area contributed by atoms with Crippen LogP contribution in [0.4, 0.5) is 5.69 Å². The summed E-state index contributed by atoms with van der Waals surface area (Å²) in [7, 11) is 0. The Labute approximate surface area is 205 Å². The quantitative estimate of drug-likeness (QED) is 0.484. The van der Waals surface area contributed by atoms with Crippen molar-refractivity contribution in [3.63, 3.8) is 0 Å². The van der Waals surface area contributed by atoms with Crippen molar-refractivity contribution in [1.29, 1.82) is 0 Å². The van der Waals surface area contributed by atoms with Gasteiger partial charge in [-0.2, -0.15) is 0 Å². The number of carbonyl (C=O) groups excluding carboxylic acids is 2. The van der Waals surface area contributed by atoms with E-state index in [9.17, 15) is 9.59 Å². The second-order valence-corrected chi connectivity index (χ2v) is 9.40. The van der Waals surface area contributed by atoms with Crippen LogP contribution in [0, 0.1) is 0 Å². The number of nitrogens with one attached hydrogen (secondary N) is 1. The first kappa shape index (κ1) is 23.0. The molecule has 0 unspecified atom stereocenters. The predicted octanol–water partition coefficient (Wildman–Crippen LogP) is 5.58. The summed E-state index contributed by atoms with van der Waals surface area (Å²) in [6.45, 7) is 4.37. The smallest absolute Gasteiger partial charge is 0.294 e.